The average molecular weight is 252 g/mol. The minimum atomic E-state index is -0.155. The second-order valence-corrected chi connectivity index (χ2v) is 5.33. The second-order valence-electron chi connectivity index (χ2n) is 5.33. The summed E-state index contributed by atoms with van der Waals surface area (Å²) < 4.78 is 5.46. The Morgan fingerprint density at radius 3 is 2.94 bits per heavy atom. The van der Waals surface area contributed by atoms with Crippen molar-refractivity contribution in [1.29, 1.82) is 0 Å². The van der Waals surface area contributed by atoms with Crippen LogP contribution in [-0.4, -0.2) is 38.3 Å². The van der Waals surface area contributed by atoms with Crippen LogP contribution in [0, 0.1) is 0 Å². The van der Waals surface area contributed by atoms with Gasteiger partial charge in [0.2, 0.25) is 5.91 Å². The van der Waals surface area contributed by atoms with E-state index in [1.807, 2.05) is 0 Å². The Labute approximate surface area is 109 Å². The van der Waals surface area contributed by atoms with E-state index < -0.39 is 0 Å². The predicted octanol–water partition coefficient (Wildman–Crippen LogP) is 1.37. The van der Waals surface area contributed by atoms with Crippen molar-refractivity contribution >= 4 is 5.91 Å². The summed E-state index contributed by atoms with van der Waals surface area (Å²) in [5.74, 6) is 0.131. The van der Waals surface area contributed by atoms with Crippen molar-refractivity contribution in [2.75, 3.05) is 26.7 Å². The molecule has 2 N–H and O–H groups in total. The molecule has 1 aliphatic carbocycles. The van der Waals surface area contributed by atoms with Gasteiger partial charge in [0.15, 0.2) is 0 Å². The van der Waals surface area contributed by atoms with Crippen LogP contribution in [-0.2, 0) is 9.53 Å². The normalized spacial score (nSPS) is 21.9. The molecule has 1 fully saturated rings. The zero-order valence-corrected chi connectivity index (χ0v) is 11.3. The topological polar surface area (TPSA) is 50.4 Å². The first-order valence-corrected chi connectivity index (χ1v) is 6.95. The van der Waals surface area contributed by atoms with Gasteiger partial charge in [-0.1, -0.05) is 11.6 Å². The van der Waals surface area contributed by atoms with Gasteiger partial charge in [-0.15, -0.1) is 0 Å². The van der Waals surface area contributed by atoms with E-state index in [-0.39, 0.29) is 11.5 Å². The Bertz CT molecular complexity index is 316. The van der Waals surface area contributed by atoms with E-state index in [4.69, 9.17) is 4.74 Å². The Hall–Kier alpha value is -0.870. The smallest absolute Gasteiger partial charge is 0.222 e. The molecule has 0 atom stereocenters. The molecule has 1 amide bonds. The molecule has 18 heavy (non-hydrogen) atoms. The van der Waals surface area contributed by atoms with Crippen LogP contribution in [0.5, 0.6) is 0 Å². The Morgan fingerprint density at radius 2 is 2.39 bits per heavy atom. The molecular weight excluding hydrogens is 228 g/mol. The van der Waals surface area contributed by atoms with Crippen molar-refractivity contribution in [1.82, 2.24) is 10.6 Å². The third-order valence-electron chi connectivity index (χ3n) is 4.11. The standard InChI is InChI=1S/C14H24N2O2/c1-18-14(6-2-7-14)11-13(17)16-10-5-12-3-8-15-9-4-12/h3,15H,2,4-11H2,1H3,(H,16,17). The van der Waals surface area contributed by atoms with Crippen LogP contribution < -0.4 is 10.6 Å². The first-order chi connectivity index (χ1) is 8.74. The third kappa shape index (κ3) is 3.56. The lowest BCUT2D eigenvalue weighted by Gasteiger charge is -2.39. The lowest BCUT2D eigenvalue weighted by Crippen LogP contribution is -2.44. The lowest BCUT2D eigenvalue weighted by molar-refractivity contribution is -0.134. The maximum atomic E-state index is 11.8. The van der Waals surface area contributed by atoms with Crippen LogP contribution in [0.15, 0.2) is 11.6 Å². The quantitative estimate of drug-likeness (QED) is 0.702. The van der Waals surface area contributed by atoms with Gasteiger partial charge in [-0.05, 0) is 38.6 Å². The maximum absolute atomic E-state index is 11.8. The zero-order valence-electron chi connectivity index (χ0n) is 11.3. The molecule has 0 saturated heterocycles. The van der Waals surface area contributed by atoms with Crippen molar-refractivity contribution in [3.05, 3.63) is 11.6 Å². The van der Waals surface area contributed by atoms with Crippen LogP contribution >= 0.6 is 0 Å². The second kappa shape index (κ2) is 6.34. The molecule has 4 nitrogen and oxygen atoms in total. The number of hydrogen-bond acceptors (Lipinski definition) is 3. The number of carbonyl (C=O) groups is 1. The van der Waals surface area contributed by atoms with E-state index in [1.54, 1.807) is 7.11 Å². The number of hydrogen-bond donors (Lipinski definition) is 2. The highest BCUT2D eigenvalue weighted by atomic mass is 16.5. The molecule has 0 unspecified atom stereocenters. The minimum absolute atomic E-state index is 0.131. The summed E-state index contributed by atoms with van der Waals surface area (Å²) in [5.41, 5.74) is 1.30. The van der Waals surface area contributed by atoms with E-state index in [9.17, 15) is 4.79 Å². The van der Waals surface area contributed by atoms with E-state index in [2.05, 4.69) is 16.7 Å². The summed E-state index contributed by atoms with van der Waals surface area (Å²) >= 11 is 0. The molecule has 2 aliphatic rings. The summed E-state index contributed by atoms with van der Waals surface area (Å²) in [6.45, 7) is 2.78. The fourth-order valence-electron chi connectivity index (χ4n) is 2.64. The monoisotopic (exact) mass is 252 g/mol. The molecule has 0 radical (unpaired) electrons. The van der Waals surface area contributed by atoms with Crippen molar-refractivity contribution in [2.24, 2.45) is 0 Å². The third-order valence-corrected chi connectivity index (χ3v) is 4.11. The lowest BCUT2D eigenvalue weighted by atomic mass is 9.77. The van der Waals surface area contributed by atoms with Crippen LogP contribution in [0.2, 0.25) is 0 Å². The van der Waals surface area contributed by atoms with E-state index in [0.29, 0.717) is 6.42 Å². The van der Waals surface area contributed by atoms with Gasteiger partial charge in [0.1, 0.15) is 0 Å². The van der Waals surface area contributed by atoms with Gasteiger partial charge >= 0.3 is 0 Å². The molecule has 1 saturated carbocycles. The van der Waals surface area contributed by atoms with Crippen molar-refractivity contribution in [3.63, 3.8) is 0 Å². The van der Waals surface area contributed by atoms with Gasteiger partial charge in [-0.25, -0.2) is 0 Å². The van der Waals surface area contributed by atoms with Gasteiger partial charge in [-0.3, -0.25) is 4.79 Å². The van der Waals surface area contributed by atoms with E-state index >= 15 is 0 Å². The molecule has 1 aliphatic heterocycles. The fourth-order valence-corrected chi connectivity index (χ4v) is 2.64. The van der Waals surface area contributed by atoms with Gasteiger partial charge in [-0.2, -0.15) is 0 Å². The molecule has 0 aromatic heterocycles. The van der Waals surface area contributed by atoms with Crippen LogP contribution in [0.3, 0.4) is 0 Å². The summed E-state index contributed by atoms with van der Waals surface area (Å²) in [5, 5.41) is 6.30. The first kappa shape index (κ1) is 13.6. The number of ether oxygens (including phenoxy) is 1. The van der Waals surface area contributed by atoms with Crippen molar-refractivity contribution in [3.8, 4) is 0 Å². The highest BCUT2D eigenvalue weighted by Crippen LogP contribution is 2.37. The average Bonchev–Trinajstić information content (AvgIpc) is 2.35. The van der Waals surface area contributed by atoms with Crippen molar-refractivity contribution < 1.29 is 9.53 Å². The number of rotatable bonds is 6. The van der Waals surface area contributed by atoms with Crippen molar-refractivity contribution in [2.45, 2.75) is 44.1 Å². The number of amides is 1. The molecule has 0 aromatic carbocycles. The molecule has 0 bridgehead atoms. The Kier molecular flexibility index (Phi) is 4.78. The Morgan fingerprint density at radius 1 is 1.56 bits per heavy atom. The van der Waals surface area contributed by atoms with Crippen LogP contribution in [0.1, 0.15) is 38.5 Å². The Balaban J connectivity index is 1.64. The summed E-state index contributed by atoms with van der Waals surface area (Å²) in [6, 6.07) is 0. The van der Waals surface area contributed by atoms with Gasteiger partial charge in [0, 0.05) is 20.2 Å². The number of nitrogens with one attached hydrogen (secondary N) is 2. The summed E-state index contributed by atoms with van der Waals surface area (Å²) in [7, 11) is 1.71. The molecule has 4 heteroatoms. The summed E-state index contributed by atoms with van der Waals surface area (Å²) in [6.07, 6.45) is 8.07. The highest BCUT2D eigenvalue weighted by Gasteiger charge is 2.38. The predicted molar refractivity (Wildman–Crippen MR) is 71.4 cm³/mol. The van der Waals surface area contributed by atoms with Gasteiger partial charge < -0.3 is 15.4 Å². The molecular formula is C14H24N2O2. The van der Waals surface area contributed by atoms with Crippen LogP contribution in [0.25, 0.3) is 0 Å². The van der Waals surface area contributed by atoms with Gasteiger partial charge in [0.05, 0.1) is 12.0 Å². The van der Waals surface area contributed by atoms with E-state index in [1.165, 1.54) is 12.0 Å². The molecule has 2 rings (SSSR count). The number of methoxy groups -OCH3 is 1. The van der Waals surface area contributed by atoms with E-state index in [0.717, 1.165) is 45.3 Å². The zero-order chi connectivity index (χ0) is 12.8. The highest BCUT2D eigenvalue weighted by molar-refractivity contribution is 5.77. The molecule has 0 aromatic rings. The fraction of sp³-hybridized carbons (Fsp3) is 0.786. The maximum Gasteiger partial charge on any atom is 0.222 e. The largest absolute Gasteiger partial charge is 0.378 e. The summed E-state index contributed by atoms with van der Waals surface area (Å²) in [4.78, 5) is 11.8. The molecule has 1 heterocycles. The SMILES string of the molecule is COC1(CC(=O)NCCC2=CCNCC2)CCC1. The van der Waals surface area contributed by atoms with Gasteiger partial charge in [0.25, 0.3) is 0 Å². The number of carbonyl (C=O) groups excluding carboxylic acids is 1. The minimum Gasteiger partial charge on any atom is -0.378 e. The molecule has 0 spiro atoms. The van der Waals surface area contributed by atoms with Crippen LogP contribution in [0.4, 0.5) is 0 Å². The first-order valence-electron chi connectivity index (χ1n) is 6.95. The molecule has 102 valence electrons.